The van der Waals surface area contributed by atoms with Gasteiger partial charge < -0.3 is 14.4 Å². The number of carbonyl (C=O) groups excluding carboxylic acids is 1. The standard InChI is InChI=1S/C14H19NO3/c1-11-7-15(14(16)10-18-9-11)8-12-3-5-13(17-2)6-4-12/h3-6,11H,7-10H2,1-2H3. The van der Waals surface area contributed by atoms with E-state index >= 15 is 0 Å². The van der Waals surface area contributed by atoms with Crippen molar-refractivity contribution >= 4 is 5.91 Å². The molecular formula is C14H19NO3. The first-order valence-corrected chi connectivity index (χ1v) is 6.17. The second-order valence-electron chi connectivity index (χ2n) is 4.74. The molecule has 4 nitrogen and oxygen atoms in total. The van der Waals surface area contributed by atoms with Crippen molar-refractivity contribution in [2.24, 2.45) is 5.92 Å². The molecule has 2 rings (SSSR count). The predicted molar refractivity (Wildman–Crippen MR) is 68.4 cm³/mol. The fourth-order valence-electron chi connectivity index (χ4n) is 2.07. The van der Waals surface area contributed by atoms with E-state index in [1.807, 2.05) is 29.2 Å². The van der Waals surface area contributed by atoms with Gasteiger partial charge in [-0.1, -0.05) is 19.1 Å². The Kier molecular flexibility index (Phi) is 4.20. The number of carbonyl (C=O) groups is 1. The molecule has 1 heterocycles. The molecule has 4 heteroatoms. The van der Waals surface area contributed by atoms with E-state index in [2.05, 4.69) is 6.92 Å². The van der Waals surface area contributed by atoms with Gasteiger partial charge in [-0.3, -0.25) is 4.79 Å². The molecule has 1 aromatic rings. The summed E-state index contributed by atoms with van der Waals surface area (Å²) in [7, 11) is 1.65. The molecule has 0 radical (unpaired) electrons. The maximum absolute atomic E-state index is 11.9. The average molecular weight is 249 g/mol. The van der Waals surface area contributed by atoms with Crippen molar-refractivity contribution in [3.8, 4) is 5.75 Å². The molecule has 0 spiro atoms. The number of amides is 1. The second kappa shape index (κ2) is 5.87. The summed E-state index contributed by atoms with van der Waals surface area (Å²) < 4.78 is 10.4. The highest BCUT2D eigenvalue weighted by atomic mass is 16.5. The van der Waals surface area contributed by atoms with E-state index in [0.29, 0.717) is 19.1 Å². The zero-order valence-corrected chi connectivity index (χ0v) is 10.9. The van der Waals surface area contributed by atoms with Gasteiger partial charge in [-0.25, -0.2) is 0 Å². The SMILES string of the molecule is COc1ccc(CN2CC(C)COCC2=O)cc1. The van der Waals surface area contributed by atoms with Crippen LogP contribution < -0.4 is 4.74 Å². The average Bonchev–Trinajstić information content (AvgIpc) is 2.53. The highest BCUT2D eigenvalue weighted by molar-refractivity contribution is 5.77. The molecule has 1 fully saturated rings. The first kappa shape index (κ1) is 12.9. The lowest BCUT2D eigenvalue weighted by molar-refractivity contribution is -0.134. The van der Waals surface area contributed by atoms with Gasteiger partial charge in [0, 0.05) is 13.1 Å². The highest BCUT2D eigenvalue weighted by Crippen LogP contribution is 2.15. The Morgan fingerprint density at radius 3 is 2.78 bits per heavy atom. The van der Waals surface area contributed by atoms with Crippen LogP contribution in [-0.2, 0) is 16.1 Å². The maximum Gasteiger partial charge on any atom is 0.248 e. The van der Waals surface area contributed by atoms with Crippen LogP contribution in [0.3, 0.4) is 0 Å². The number of benzene rings is 1. The Bertz CT molecular complexity index is 402. The minimum atomic E-state index is 0.0650. The quantitative estimate of drug-likeness (QED) is 0.818. The summed E-state index contributed by atoms with van der Waals surface area (Å²) in [6.07, 6.45) is 0. The van der Waals surface area contributed by atoms with Crippen LogP contribution in [-0.4, -0.2) is 37.7 Å². The van der Waals surface area contributed by atoms with Crippen molar-refractivity contribution < 1.29 is 14.3 Å². The molecule has 98 valence electrons. The lowest BCUT2D eigenvalue weighted by Crippen LogP contribution is -2.33. The third-order valence-corrected chi connectivity index (χ3v) is 3.05. The van der Waals surface area contributed by atoms with Crippen LogP contribution in [0.2, 0.25) is 0 Å². The van der Waals surface area contributed by atoms with Gasteiger partial charge >= 0.3 is 0 Å². The van der Waals surface area contributed by atoms with E-state index in [1.54, 1.807) is 7.11 Å². The predicted octanol–water partition coefficient (Wildman–Crippen LogP) is 1.69. The summed E-state index contributed by atoms with van der Waals surface area (Å²) in [5.41, 5.74) is 1.11. The molecule has 1 amide bonds. The zero-order chi connectivity index (χ0) is 13.0. The van der Waals surface area contributed by atoms with E-state index in [1.165, 1.54) is 0 Å². The lowest BCUT2D eigenvalue weighted by Gasteiger charge is -2.22. The highest BCUT2D eigenvalue weighted by Gasteiger charge is 2.21. The summed E-state index contributed by atoms with van der Waals surface area (Å²) in [5, 5.41) is 0. The first-order valence-electron chi connectivity index (χ1n) is 6.17. The van der Waals surface area contributed by atoms with E-state index in [0.717, 1.165) is 17.9 Å². The molecule has 0 aliphatic carbocycles. The Labute approximate surface area is 107 Å². The van der Waals surface area contributed by atoms with Crippen LogP contribution in [0.25, 0.3) is 0 Å². The number of hydrogen-bond acceptors (Lipinski definition) is 3. The minimum Gasteiger partial charge on any atom is -0.497 e. The van der Waals surface area contributed by atoms with Crippen molar-refractivity contribution in [2.45, 2.75) is 13.5 Å². The van der Waals surface area contributed by atoms with Crippen molar-refractivity contribution in [2.75, 3.05) is 26.9 Å². The topological polar surface area (TPSA) is 38.8 Å². The molecule has 0 saturated carbocycles. The third kappa shape index (κ3) is 3.23. The van der Waals surface area contributed by atoms with Crippen LogP contribution in [0.15, 0.2) is 24.3 Å². The summed E-state index contributed by atoms with van der Waals surface area (Å²) in [4.78, 5) is 13.7. The van der Waals surface area contributed by atoms with Crippen LogP contribution in [0, 0.1) is 5.92 Å². The van der Waals surface area contributed by atoms with Crippen molar-refractivity contribution in [3.63, 3.8) is 0 Å². The number of nitrogens with zero attached hydrogens (tertiary/aromatic N) is 1. The Morgan fingerprint density at radius 1 is 1.39 bits per heavy atom. The molecule has 1 aliphatic heterocycles. The molecular weight excluding hydrogens is 230 g/mol. The molecule has 1 saturated heterocycles. The van der Waals surface area contributed by atoms with Crippen LogP contribution >= 0.6 is 0 Å². The van der Waals surface area contributed by atoms with Gasteiger partial charge in [-0.2, -0.15) is 0 Å². The third-order valence-electron chi connectivity index (χ3n) is 3.05. The van der Waals surface area contributed by atoms with Gasteiger partial charge in [0.15, 0.2) is 0 Å². The van der Waals surface area contributed by atoms with Gasteiger partial charge in [0.25, 0.3) is 0 Å². The van der Waals surface area contributed by atoms with Gasteiger partial charge in [0.05, 0.1) is 13.7 Å². The largest absolute Gasteiger partial charge is 0.497 e. The van der Waals surface area contributed by atoms with Gasteiger partial charge in [0.1, 0.15) is 12.4 Å². The smallest absolute Gasteiger partial charge is 0.248 e. The molecule has 1 aromatic carbocycles. The second-order valence-corrected chi connectivity index (χ2v) is 4.74. The molecule has 0 N–H and O–H groups in total. The summed E-state index contributed by atoms with van der Waals surface area (Å²) in [6, 6.07) is 7.81. The van der Waals surface area contributed by atoms with Crippen LogP contribution in [0.4, 0.5) is 0 Å². The number of ether oxygens (including phenoxy) is 2. The minimum absolute atomic E-state index is 0.0650. The fourth-order valence-corrected chi connectivity index (χ4v) is 2.07. The van der Waals surface area contributed by atoms with E-state index in [-0.39, 0.29) is 12.5 Å². The van der Waals surface area contributed by atoms with Gasteiger partial charge in [-0.05, 0) is 23.6 Å². The first-order chi connectivity index (χ1) is 8.69. The van der Waals surface area contributed by atoms with E-state index < -0.39 is 0 Å². The van der Waals surface area contributed by atoms with Crippen molar-refractivity contribution in [1.29, 1.82) is 0 Å². The molecule has 1 atom stereocenters. The number of hydrogen-bond donors (Lipinski definition) is 0. The monoisotopic (exact) mass is 249 g/mol. The van der Waals surface area contributed by atoms with Crippen molar-refractivity contribution in [1.82, 2.24) is 4.90 Å². The van der Waals surface area contributed by atoms with Gasteiger partial charge in [0.2, 0.25) is 5.91 Å². The van der Waals surface area contributed by atoms with Gasteiger partial charge in [-0.15, -0.1) is 0 Å². The Balaban J connectivity index is 2.03. The summed E-state index contributed by atoms with van der Waals surface area (Å²) in [5.74, 6) is 1.28. The summed E-state index contributed by atoms with van der Waals surface area (Å²) >= 11 is 0. The molecule has 0 aromatic heterocycles. The molecule has 0 bridgehead atoms. The molecule has 1 unspecified atom stereocenters. The number of rotatable bonds is 3. The maximum atomic E-state index is 11.9. The van der Waals surface area contributed by atoms with E-state index in [4.69, 9.17) is 9.47 Å². The summed E-state index contributed by atoms with van der Waals surface area (Å²) in [6.45, 7) is 4.34. The van der Waals surface area contributed by atoms with Crippen molar-refractivity contribution in [3.05, 3.63) is 29.8 Å². The Hall–Kier alpha value is -1.55. The van der Waals surface area contributed by atoms with Crippen LogP contribution in [0.1, 0.15) is 12.5 Å². The zero-order valence-electron chi connectivity index (χ0n) is 10.9. The number of methoxy groups -OCH3 is 1. The molecule has 18 heavy (non-hydrogen) atoms. The lowest BCUT2D eigenvalue weighted by atomic mass is 10.1. The normalized spacial score (nSPS) is 20.7. The fraction of sp³-hybridized carbons (Fsp3) is 0.500. The Morgan fingerprint density at radius 2 is 2.11 bits per heavy atom. The molecule has 1 aliphatic rings. The van der Waals surface area contributed by atoms with E-state index in [9.17, 15) is 4.79 Å². The van der Waals surface area contributed by atoms with Crippen LogP contribution in [0.5, 0.6) is 5.75 Å².